The van der Waals surface area contributed by atoms with Crippen molar-refractivity contribution in [3.8, 4) is 0 Å². The summed E-state index contributed by atoms with van der Waals surface area (Å²) in [5, 5.41) is 0. The molecule has 0 spiro atoms. The Bertz CT molecular complexity index is 77.4. The van der Waals surface area contributed by atoms with Gasteiger partial charge in [-0.1, -0.05) is 13.8 Å². The van der Waals surface area contributed by atoms with Crippen molar-refractivity contribution in [2.24, 2.45) is 5.73 Å². The van der Waals surface area contributed by atoms with Gasteiger partial charge in [-0.2, -0.15) is 0 Å². The van der Waals surface area contributed by atoms with Crippen molar-refractivity contribution in [1.29, 1.82) is 0 Å². The first-order valence-corrected chi connectivity index (χ1v) is 4.44. The van der Waals surface area contributed by atoms with Crippen molar-refractivity contribution in [2.75, 3.05) is 39.9 Å². The summed E-state index contributed by atoms with van der Waals surface area (Å²) in [7, 11) is 2.15. The number of nitrogens with two attached hydrogens (primary N) is 1. The number of likely N-dealkylation sites (N-methyl/N-ethyl adjacent to an activating group) is 1. The topological polar surface area (TPSA) is 32.5 Å². The zero-order valence-electron chi connectivity index (χ0n) is 8.01. The van der Waals surface area contributed by atoms with Crippen LogP contribution in [0.3, 0.4) is 0 Å². The lowest BCUT2D eigenvalue weighted by Crippen LogP contribution is -2.46. The van der Waals surface area contributed by atoms with Crippen LogP contribution in [0.15, 0.2) is 0 Å². The fourth-order valence-corrected chi connectivity index (χ4v) is 1.03. The largest absolute Gasteiger partial charge is 0.318 e. The molecular formula is C8H21N3. The zero-order chi connectivity index (χ0) is 8.69. The molecule has 0 atom stereocenters. The molecule has 1 aliphatic rings. The quantitative estimate of drug-likeness (QED) is 0.592. The Morgan fingerprint density at radius 1 is 1.09 bits per heavy atom. The Morgan fingerprint density at radius 3 is 1.91 bits per heavy atom. The van der Waals surface area contributed by atoms with Crippen LogP contribution in [0.5, 0.6) is 0 Å². The van der Waals surface area contributed by atoms with E-state index in [0.29, 0.717) is 6.67 Å². The highest BCUT2D eigenvalue weighted by atomic mass is 15.3. The first kappa shape index (κ1) is 10.9. The number of hydrogen-bond donors (Lipinski definition) is 1. The average molecular weight is 159 g/mol. The molecule has 0 aliphatic carbocycles. The maximum atomic E-state index is 5.46. The second-order valence-electron chi connectivity index (χ2n) is 2.60. The van der Waals surface area contributed by atoms with Crippen LogP contribution in [0.25, 0.3) is 0 Å². The molecule has 0 unspecified atom stereocenters. The first-order valence-electron chi connectivity index (χ1n) is 4.44. The molecule has 1 fully saturated rings. The van der Waals surface area contributed by atoms with Gasteiger partial charge in [-0.15, -0.1) is 0 Å². The number of piperazine rings is 1. The molecule has 2 N–H and O–H groups in total. The van der Waals surface area contributed by atoms with Crippen molar-refractivity contribution < 1.29 is 0 Å². The van der Waals surface area contributed by atoms with Gasteiger partial charge in [-0.05, 0) is 7.05 Å². The van der Waals surface area contributed by atoms with E-state index in [1.165, 1.54) is 0 Å². The maximum absolute atomic E-state index is 5.46. The van der Waals surface area contributed by atoms with Crippen LogP contribution in [0.1, 0.15) is 13.8 Å². The van der Waals surface area contributed by atoms with Gasteiger partial charge in [0.2, 0.25) is 0 Å². The van der Waals surface area contributed by atoms with Crippen molar-refractivity contribution in [2.45, 2.75) is 13.8 Å². The van der Waals surface area contributed by atoms with E-state index in [-0.39, 0.29) is 0 Å². The molecule has 0 radical (unpaired) electrons. The maximum Gasteiger partial charge on any atom is 0.0456 e. The molecule has 0 amide bonds. The van der Waals surface area contributed by atoms with Crippen LogP contribution < -0.4 is 5.73 Å². The summed E-state index contributed by atoms with van der Waals surface area (Å²) in [5.41, 5.74) is 5.46. The second kappa shape index (κ2) is 6.58. The van der Waals surface area contributed by atoms with Gasteiger partial charge in [0.25, 0.3) is 0 Å². The minimum atomic E-state index is 0.716. The molecule has 1 saturated heterocycles. The molecule has 68 valence electrons. The lowest BCUT2D eigenvalue weighted by molar-refractivity contribution is 0.157. The molecule has 0 aromatic heterocycles. The van der Waals surface area contributed by atoms with Crippen LogP contribution in [0.4, 0.5) is 0 Å². The molecule has 1 rings (SSSR count). The Labute approximate surface area is 70.2 Å². The smallest absolute Gasteiger partial charge is 0.0456 e. The highest BCUT2D eigenvalue weighted by Gasteiger charge is 2.10. The van der Waals surface area contributed by atoms with Crippen molar-refractivity contribution >= 4 is 0 Å². The summed E-state index contributed by atoms with van der Waals surface area (Å²) >= 11 is 0. The van der Waals surface area contributed by atoms with E-state index in [1.54, 1.807) is 0 Å². The lowest BCUT2D eigenvalue weighted by Gasteiger charge is -2.30. The monoisotopic (exact) mass is 159 g/mol. The summed E-state index contributed by atoms with van der Waals surface area (Å²) < 4.78 is 0. The van der Waals surface area contributed by atoms with Crippen molar-refractivity contribution in [3.63, 3.8) is 0 Å². The van der Waals surface area contributed by atoms with Gasteiger partial charge >= 0.3 is 0 Å². The van der Waals surface area contributed by atoms with Gasteiger partial charge in [-0.25, -0.2) is 0 Å². The van der Waals surface area contributed by atoms with Gasteiger partial charge in [0, 0.05) is 32.8 Å². The Morgan fingerprint density at radius 2 is 1.55 bits per heavy atom. The first-order chi connectivity index (χ1) is 5.33. The normalized spacial score (nSPS) is 20.7. The van der Waals surface area contributed by atoms with Gasteiger partial charge in [0.05, 0.1) is 0 Å². The second-order valence-corrected chi connectivity index (χ2v) is 2.60. The minimum absolute atomic E-state index is 0.716. The van der Waals surface area contributed by atoms with Gasteiger partial charge in [-0.3, -0.25) is 4.90 Å². The van der Waals surface area contributed by atoms with Crippen LogP contribution in [-0.2, 0) is 0 Å². The Balaban J connectivity index is 0.000000461. The highest BCUT2D eigenvalue weighted by Crippen LogP contribution is 1.95. The van der Waals surface area contributed by atoms with E-state index in [4.69, 9.17) is 5.73 Å². The molecule has 3 nitrogen and oxygen atoms in total. The fourth-order valence-electron chi connectivity index (χ4n) is 1.03. The van der Waals surface area contributed by atoms with Gasteiger partial charge in [0.15, 0.2) is 0 Å². The Hall–Kier alpha value is -0.120. The number of nitrogens with zero attached hydrogens (tertiary/aromatic N) is 2. The molecule has 11 heavy (non-hydrogen) atoms. The third-order valence-corrected chi connectivity index (χ3v) is 1.85. The molecule has 0 aromatic carbocycles. The summed E-state index contributed by atoms with van der Waals surface area (Å²) in [6.45, 7) is 9.31. The van der Waals surface area contributed by atoms with Crippen LogP contribution in [0, 0.1) is 0 Å². The third-order valence-electron chi connectivity index (χ3n) is 1.85. The molecular weight excluding hydrogens is 138 g/mol. The summed E-state index contributed by atoms with van der Waals surface area (Å²) in [6, 6.07) is 0. The number of rotatable bonds is 1. The van der Waals surface area contributed by atoms with Crippen molar-refractivity contribution in [3.05, 3.63) is 0 Å². The van der Waals surface area contributed by atoms with Crippen LogP contribution in [-0.4, -0.2) is 49.7 Å². The molecule has 1 heterocycles. The molecule has 0 bridgehead atoms. The minimum Gasteiger partial charge on any atom is -0.318 e. The summed E-state index contributed by atoms with van der Waals surface area (Å²) in [4.78, 5) is 4.59. The lowest BCUT2D eigenvalue weighted by atomic mass is 10.3. The molecule has 0 saturated carbocycles. The predicted molar refractivity (Wildman–Crippen MR) is 49.5 cm³/mol. The van der Waals surface area contributed by atoms with Gasteiger partial charge < -0.3 is 10.6 Å². The van der Waals surface area contributed by atoms with E-state index >= 15 is 0 Å². The van der Waals surface area contributed by atoms with E-state index < -0.39 is 0 Å². The molecule has 1 aliphatic heterocycles. The molecule has 3 heteroatoms. The van der Waals surface area contributed by atoms with Crippen LogP contribution >= 0.6 is 0 Å². The van der Waals surface area contributed by atoms with Gasteiger partial charge in [0.1, 0.15) is 0 Å². The highest BCUT2D eigenvalue weighted by molar-refractivity contribution is 4.66. The average Bonchev–Trinajstić information content (AvgIpc) is 2.10. The van der Waals surface area contributed by atoms with E-state index in [2.05, 4.69) is 16.8 Å². The summed E-state index contributed by atoms with van der Waals surface area (Å²) in [6.07, 6.45) is 0. The van der Waals surface area contributed by atoms with Crippen LogP contribution in [0.2, 0.25) is 0 Å². The standard InChI is InChI=1S/C6H15N3.C2H6/c1-8-2-4-9(6-7)5-3-8;1-2/h2-7H2,1H3;1-2H3. The van der Waals surface area contributed by atoms with E-state index in [0.717, 1.165) is 26.2 Å². The zero-order valence-corrected chi connectivity index (χ0v) is 8.01. The fraction of sp³-hybridized carbons (Fsp3) is 1.00. The Kier molecular flexibility index (Phi) is 6.51. The number of hydrogen-bond acceptors (Lipinski definition) is 3. The SMILES string of the molecule is CC.CN1CCN(CN)CC1. The van der Waals surface area contributed by atoms with E-state index in [1.807, 2.05) is 13.8 Å². The molecule has 0 aromatic rings. The predicted octanol–water partition coefficient (Wildman–Crippen LogP) is 0.176. The summed E-state index contributed by atoms with van der Waals surface area (Å²) in [5.74, 6) is 0. The van der Waals surface area contributed by atoms with Crippen molar-refractivity contribution in [1.82, 2.24) is 9.80 Å². The van der Waals surface area contributed by atoms with E-state index in [9.17, 15) is 0 Å². The third kappa shape index (κ3) is 4.35.